The molecular formula is C16H14F3N3O. The first-order valence-corrected chi connectivity index (χ1v) is 6.86. The molecule has 0 radical (unpaired) electrons. The summed E-state index contributed by atoms with van der Waals surface area (Å²) in [6, 6.07) is 10.7. The zero-order valence-corrected chi connectivity index (χ0v) is 12.3. The summed E-state index contributed by atoms with van der Waals surface area (Å²) in [6.45, 7) is 2.94. The van der Waals surface area contributed by atoms with Crippen molar-refractivity contribution in [2.45, 2.75) is 19.7 Å². The van der Waals surface area contributed by atoms with E-state index in [-0.39, 0.29) is 11.4 Å². The van der Waals surface area contributed by atoms with Crippen molar-refractivity contribution < 1.29 is 17.9 Å². The minimum Gasteiger partial charge on any atom is -0.377 e. The Morgan fingerprint density at radius 2 is 1.87 bits per heavy atom. The summed E-state index contributed by atoms with van der Waals surface area (Å²) in [5, 5.41) is 11.7. The number of nitriles is 1. The fourth-order valence-corrected chi connectivity index (χ4v) is 1.84. The number of pyridine rings is 1. The van der Waals surface area contributed by atoms with E-state index in [1.165, 1.54) is 0 Å². The number of halogens is 3. The summed E-state index contributed by atoms with van der Waals surface area (Å²) >= 11 is 0. The Labute approximate surface area is 131 Å². The molecule has 23 heavy (non-hydrogen) atoms. The topological polar surface area (TPSA) is 57.9 Å². The molecule has 1 heterocycles. The third-order valence-electron chi connectivity index (χ3n) is 3.00. The van der Waals surface area contributed by atoms with Crippen LogP contribution >= 0.6 is 0 Å². The number of nitrogens with one attached hydrogen (secondary N) is 1. The maximum absolute atomic E-state index is 12.7. The van der Waals surface area contributed by atoms with Gasteiger partial charge in [0.05, 0.1) is 12.2 Å². The van der Waals surface area contributed by atoms with Gasteiger partial charge in [0, 0.05) is 12.3 Å². The highest BCUT2D eigenvalue weighted by Gasteiger charge is 2.33. The molecule has 1 aromatic carbocycles. The molecule has 0 saturated heterocycles. The highest BCUT2D eigenvalue weighted by molar-refractivity contribution is 5.63. The number of hydrogen-bond donors (Lipinski definition) is 1. The Morgan fingerprint density at radius 1 is 1.17 bits per heavy atom. The molecule has 1 N–H and O–H groups in total. The zero-order chi connectivity index (χ0) is 16.9. The van der Waals surface area contributed by atoms with Crippen molar-refractivity contribution >= 4 is 11.5 Å². The van der Waals surface area contributed by atoms with Crippen LogP contribution in [0.25, 0.3) is 0 Å². The Balaban J connectivity index is 2.23. The van der Waals surface area contributed by atoms with Crippen molar-refractivity contribution in [3.05, 3.63) is 53.2 Å². The number of ether oxygens (including phenoxy) is 1. The second kappa shape index (κ2) is 7.11. The lowest BCUT2D eigenvalue weighted by Crippen LogP contribution is -2.10. The number of hydrogen-bond acceptors (Lipinski definition) is 4. The van der Waals surface area contributed by atoms with Crippen LogP contribution in [0, 0.1) is 11.3 Å². The Bertz CT molecular complexity index is 706. The van der Waals surface area contributed by atoms with Gasteiger partial charge in [-0.25, -0.2) is 4.98 Å². The number of alkyl halides is 3. The average Bonchev–Trinajstić information content (AvgIpc) is 2.53. The van der Waals surface area contributed by atoms with Gasteiger partial charge in [0.2, 0.25) is 0 Å². The predicted octanol–water partition coefficient (Wildman–Crippen LogP) is 4.25. The van der Waals surface area contributed by atoms with Gasteiger partial charge in [0.15, 0.2) is 0 Å². The number of anilines is 2. The fraction of sp³-hybridized carbons (Fsp3) is 0.250. The van der Waals surface area contributed by atoms with Gasteiger partial charge in [-0.15, -0.1) is 0 Å². The van der Waals surface area contributed by atoms with E-state index < -0.39 is 11.9 Å². The summed E-state index contributed by atoms with van der Waals surface area (Å²) in [5.41, 5.74) is 0.465. The molecule has 0 aliphatic heterocycles. The number of nitrogens with zero attached hydrogens (tertiary/aromatic N) is 2. The van der Waals surface area contributed by atoms with Gasteiger partial charge in [-0.05, 0) is 36.8 Å². The van der Waals surface area contributed by atoms with Crippen molar-refractivity contribution in [1.29, 1.82) is 5.26 Å². The van der Waals surface area contributed by atoms with Gasteiger partial charge in [0.25, 0.3) is 0 Å². The normalized spacial score (nSPS) is 11.1. The van der Waals surface area contributed by atoms with E-state index in [0.29, 0.717) is 18.9 Å². The zero-order valence-electron chi connectivity index (χ0n) is 12.3. The van der Waals surface area contributed by atoms with E-state index in [2.05, 4.69) is 10.3 Å². The van der Waals surface area contributed by atoms with Crippen molar-refractivity contribution in [3.63, 3.8) is 0 Å². The molecule has 0 unspecified atom stereocenters. The Hall–Kier alpha value is -2.59. The van der Waals surface area contributed by atoms with E-state index in [4.69, 9.17) is 10.00 Å². The van der Waals surface area contributed by atoms with Crippen LogP contribution in [0.3, 0.4) is 0 Å². The van der Waals surface area contributed by atoms with Gasteiger partial charge in [-0.3, -0.25) is 0 Å². The molecule has 0 aliphatic rings. The van der Waals surface area contributed by atoms with Crippen LogP contribution in [0.2, 0.25) is 0 Å². The lowest BCUT2D eigenvalue weighted by atomic mass is 10.2. The lowest BCUT2D eigenvalue weighted by Gasteiger charge is -2.11. The van der Waals surface area contributed by atoms with Crippen molar-refractivity contribution in [1.82, 2.24) is 4.98 Å². The summed E-state index contributed by atoms with van der Waals surface area (Å²) in [5.74, 6) is -0.125. The molecule has 1 aromatic heterocycles. The highest BCUT2D eigenvalue weighted by atomic mass is 19.4. The summed E-state index contributed by atoms with van der Waals surface area (Å²) in [4.78, 5) is 3.50. The van der Waals surface area contributed by atoms with Crippen molar-refractivity contribution in [2.24, 2.45) is 0 Å². The molecule has 0 saturated carbocycles. The Morgan fingerprint density at radius 3 is 2.43 bits per heavy atom. The molecule has 7 heteroatoms. The minimum atomic E-state index is -4.56. The second-order valence-corrected chi connectivity index (χ2v) is 4.66. The van der Waals surface area contributed by atoms with Crippen LogP contribution in [0.5, 0.6) is 0 Å². The van der Waals surface area contributed by atoms with Gasteiger partial charge in [-0.2, -0.15) is 18.4 Å². The molecule has 0 fully saturated rings. The SMILES string of the molecule is CCOCc1ccc(Nc2nc(C(F)(F)F)ccc2C#N)cc1. The molecule has 2 rings (SSSR count). The smallest absolute Gasteiger partial charge is 0.377 e. The van der Waals surface area contributed by atoms with E-state index in [1.54, 1.807) is 24.3 Å². The molecular weight excluding hydrogens is 307 g/mol. The van der Waals surface area contributed by atoms with Gasteiger partial charge in [0.1, 0.15) is 17.6 Å². The summed E-state index contributed by atoms with van der Waals surface area (Å²) < 4.78 is 43.4. The van der Waals surface area contributed by atoms with Crippen LogP contribution < -0.4 is 5.32 Å². The van der Waals surface area contributed by atoms with Crippen LogP contribution in [0.4, 0.5) is 24.7 Å². The predicted molar refractivity (Wildman–Crippen MR) is 79.0 cm³/mol. The first-order valence-electron chi connectivity index (χ1n) is 6.86. The average molecular weight is 321 g/mol. The van der Waals surface area contributed by atoms with E-state index in [1.807, 2.05) is 13.0 Å². The van der Waals surface area contributed by atoms with Gasteiger partial charge < -0.3 is 10.1 Å². The number of rotatable bonds is 5. The van der Waals surface area contributed by atoms with Gasteiger partial charge >= 0.3 is 6.18 Å². The molecule has 0 bridgehead atoms. The molecule has 0 spiro atoms. The monoisotopic (exact) mass is 321 g/mol. The van der Waals surface area contributed by atoms with Crippen LogP contribution in [0.15, 0.2) is 36.4 Å². The number of benzene rings is 1. The lowest BCUT2D eigenvalue weighted by molar-refractivity contribution is -0.141. The summed E-state index contributed by atoms with van der Waals surface area (Å²) in [7, 11) is 0. The molecule has 0 amide bonds. The fourth-order valence-electron chi connectivity index (χ4n) is 1.84. The van der Waals surface area contributed by atoms with Crippen LogP contribution in [-0.4, -0.2) is 11.6 Å². The van der Waals surface area contributed by atoms with Crippen LogP contribution in [0.1, 0.15) is 23.7 Å². The number of aromatic nitrogens is 1. The first kappa shape index (κ1) is 16.8. The maximum Gasteiger partial charge on any atom is 0.433 e. The Kier molecular flexibility index (Phi) is 5.19. The summed E-state index contributed by atoms with van der Waals surface area (Å²) in [6.07, 6.45) is -4.56. The molecule has 120 valence electrons. The minimum absolute atomic E-state index is 0.0383. The standard InChI is InChI=1S/C16H14F3N3O/c1-2-23-10-11-3-6-13(7-4-11)21-15-12(9-20)5-8-14(22-15)16(17,18)19/h3-8H,2,10H2,1H3,(H,21,22). The molecule has 2 aromatic rings. The van der Waals surface area contributed by atoms with E-state index in [0.717, 1.165) is 17.7 Å². The largest absolute Gasteiger partial charge is 0.433 e. The van der Waals surface area contributed by atoms with Crippen molar-refractivity contribution in [3.8, 4) is 6.07 Å². The maximum atomic E-state index is 12.7. The second-order valence-electron chi connectivity index (χ2n) is 4.66. The third-order valence-corrected chi connectivity index (χ3v) is 3.00. The molecule has 4 nitrogen and oxygen atoms in total. The third kappa shape index (κ3) is 4.44. The highest BCUT2D eigenvalue weighted by Crippen LogP contribution is 2.30. The first-order chi connectivity index (χ1) is 10.9. The van der Waals surface area contributed by atoms with E-state index in [9.17, 15) is 13.2 Å². The van der Waals surface area contributed by atoms with E-state index >= 15 is 0 Å². The quantitative estimate of drug-likeness (QED) is 0.894. The molecule has 0 aliphatic carbocycles. The van der Waals surface area contributed by atoms with Gasteiger partial charge in [-0.1, -0.05) is 12.1 Å². The van der Waals surface area contributed by atoms with Crippen molar-refractivity contribution in [2.75, 3.05) is 11.9 Å². The molecule has 0 atom stereocenters. The van der Waals surface area contributed by atoms with Crippen LogP contribution in [-0.2, 0) is 17.5 Å².